The summed E-state index contributed by atoms with van der Waals surface area (Å²) in [7, 11) is 1.76. The fraction of sp³-hybridized carbons (Fsp3) is 0.339. The molecule has 1 aliphatic heterocycles. The number of rotatable bonds is 23. The predicted molar refractivity (Wildman–Crippen MR) is 279 cm³/mol. The Morgan fingerprint density at radius 2 is 1.39 bits per heavy atom. The minimum atomic E-state index is -1.54. The molecule has 15 nitrogen and oxygen atoms in total. The molecule has 1 saturated heterocycles. The summed E-state index contributed by atoms with van der Waals surface area (Å²) in [5, 5.41) is 5.89. The molecular weight excluding hydrogens is 930 g/mol. The molecule has 0 bridgehead atoms. The number of methoxy groups -OCH3 is 2. The predicted octanol–water partition coefficient (Wildman–Crippen LogP) is 10.4. The second-order valence-corrected chi connectivity index (χ2v) is 19.5. The van der Waals surface area contributed by atoms with Crippen molar-refractivity contribution in [1.82, 2.24) is 29.5 Å². The van der Waals surface area contributed by atoms with Gasteiger partial charge in [0.05, 0.1) is 46.3 Å². The zero-order valence-corrected chi connectivity index (χ0v) is 42.8. The largest absolute Gasteiger partial charge is 0.497 e. The number of nitrogens with zero attached hydrogens (tertiary/aromatic N) is 5. The highest BCUT2D eigenvalue weighted by molar-refractivity contribution is 7.44. The zero-order chi connectivity index (χ0) is 50.6. The molecule has 0 radical (unpaired) electrons. The Bertz CT molecular complexity index is 2780. The highest BCUT2D eigenvalue weighted by Crippen LogP contribution is 2.51. The van der Waals surface area contributed by atoms with Gasteiger partial charge in [-0.15, -0.1) is 0 Å². The van der Waals surface area contributed by atoms with Gasteiger partial charge in [-0.1, -0.05) is 104 Å². The third-order valence-electron chi connectivity index (χ3n) is 12.5. The van der Waals surface area contributed by atoms with Crippen molar-refractivity contribution < 1.29 is 37.6 Å². The van der Waals surface area contributed by atoms with E-state index in [1.54, 1.807) is 32.7 Å². The Balaban J connectivity index is 1.08. The van der Waals surface area contributed by atoms with Gasteiger partial charge >= 0.3 is 0 Å². The minimum Gasteiger partial charge on any atom is -0.497 e. The van der Waals surface area contributed by atoms with Crippen LogP contribution in [-0.2, 0) is 41.9 Å². The first-order valence-electron chi connectivity index (χ1n) is 24.4. The van der Waals surface area contributed by atoms with Crippen LogP contribution in [0, 0.1) is 0 Å². The average molecular weight is 994 g/mol. The molecule has 376 valence electrons. The van der Waals surface area contributed by atoms with E-state index in [-0.39, 0.29) is 42.7 Å². The van der Waals surface area contributed by atoms with E-state index in [2.05, 4.69) is 72.0 Å². The highest BCUT2D eigenvalue weighted by atomic mass is 31.2. The van der Waals surface area contributed by atoms with Gasteiger partial charge in [0.15, 0.2) is 17.0 Å². The van der Waals surface area contributed by atoms with Gasteiger partial charge in [-0.2, -0.15) is 0 Å². The lowest BCUT2D eigenvalue weighted by molar-refractivity contribution is -0.120. The Hall–Kier alpha value is -6.58. The molecule has 0 spiro atoms. The van der Waals surface area contributed by atoms with Gasteiger partial charge in [0.1, 0.15) is 35.8 Å². The number of fused-ring (bicyclic) bond motifs is 1. The number of carbonyl (C=O) groups excluding carboxylic acids is 2. The number of carbonyl (C=O) groups is 2. The fourth-order valence-corrected chi connectivity index (χ4v) is 10.8. The van der Waals surface area contributed by atoms with E-state index >= 15 is 0 Å². The maximum atomic E-state index is 13.7. The number of hydrogen-bond donors (Lipinski definition) is 2. The van der Waals surface area contributed by atoms with E-state index in [1.807, 2.05) is 114 Å². The summed E-state index contributed by atoms with van der Waals surface area (Å²) >= 11 is 0. The normalized spacial score (nSPS) is 16.3. The molecule has 4 atom stereocenters. The molecule has 2 amide bonds. The van der Waals surface area contributed by atoms with E-state index in [1.165, 1.54) is 6.33 Å². The topological polar surface area (TPSA) is 160 Å². The van der Waals surface area contributed by atoms with Gasteiger partial charge in [0.2, 0.25) is 5.91 Å². The van der Waals surface area contributed by atoms with E-state index in [9.17, 15) is 9.59 Å². The van der Waals surface area contributed by atoms with Crippen LogP contribution in [0.3, 0.4) is 0 Å². The van der Waals surface area contributed by atoms with E-state index < -0.39 is 32.6 Å². The number of nitrogens with one attached hydrogen (secondary N) is 2. The van der Waals surface area contributed by atoms with Gasteiger partial charge < -0.3 is 38.6 Å². The van der Waals surface area contributed by atoms with Crippen LogP contribution < -0.4 is 20.1 Å². The first-order valence-corrected chi connectivity index (χ1v) is 25.5. The summed E-state index contributed by atoms with van der Waals surface area (Å²) in [6.07, 6.45) is 2.88. The lowest BCUT2D eigenvalue weighted by Gasteiger charge is -2.39. The van der Waals surface area contributed by atoms with Crippen LogP contribution >= 0.6 is 8.53 Å². The standard InChI is InChI=1S/C56H64N7O8P/c1-8-31-69-72(63(38(2)3)39(4)5)71-48-33-51(70-49(48)35-68-56(43-17-13-10-14-18-43,44-23-27-46(66-6)28-24-44)45-25-29-47(67-7)30-26-45)62-37-60-52-53(58-36-59-54(52)62)61-55(65)42-21-19-41(20-22-42)34-57-50(64)32-40-15-11-9-12-16-40/h9-30,36-39,48-49,51H,8,31-35H2,1-7H3,(H,57,64)(H,58,59,61,65)/t48?,49-,51-,72?/m1/s1. The maximum absolute atomic E-state index is 13.7. The van der Waals surface area contributed by atoms with Gasteiger partial charge in [-0.3, -0.25) is 14.2 Å². The van der Waals surface area contributed by atoms with Crippen molar-refractivity contribution in [3.63, 3.8) is 0 Å². The van der Waals surface area contributed by atoms with Crippen LogP contribution in [0.15, 0.2) is 146 Å². The third kappa shape index (κ3) is 12.0. The molecule has 0 aliphatic carbocycles. The second kappa shape index (κ2) is 24.2. The van der Waals surface area contributed by atoms with Crippen LogP contribution in [0.4, 0.5) is 5.82 Å². The molecule has 5 aromatic carbocycles. The molecule has 8 rings (SSSR count). The molecule has 0 saturated carbocycles. The van der Waals surface area contributed by atoms with Crippen molar-refractivity contribution in [3.05, 3.63) is 179 Å². The smallest absolute Gasteiger partial charge is 0.259 e. The summed E-state index contributed by atoms with van der Waals surface area (Å²) in [6, 6.07) is 42.9. The number of anilines is 1. The minimum absolute atomic E-state index is 0.0837. The van der Waals surface area contributed by atoms with Crippen LogP contribution in [0.5, 0.6) is 11.5 Å². The van der Waals surface area contributed by atoms with Crippen LogP contribution in [0.1, 0.15) is 91.9 Å². The summed E-state index contributed by atoms with van der Waals surface area (Å²) in [4.78, 5) is 40.1. The summed E-state index contributed by atoms with van der Waals surface area (Å²) in [5.41, 5.74) is 4.65. The maximum Gasteiger partial charge on any atom is 0.259 e. The number of amides is 2. The molecule has 1 aliphatic rings. The molecule has 2 unspecified atom stereocenters. The average Bonchev–Trinajstić information content (AvgIpc) is 4.03. The zero-order valence-electron chi connectivity index (χ0n) is 41.9. The summed E-state index contributed by atoms with van der Waals surface area (Å²) < 4.78 is 43.6. The number of hydrogen-bond acceptors (Lipinski definition) is 12. The Labute approximate surface area is 423 Å². The van der Waals surface area contributed by atoms with Crippen molar-refractivity contribution in [3.8, 4) is 11.5 Å². The number of imidazole rings is 1. The Kier molecular flexibility index (Phi) is 17.4. The van der Waals surface area contributed by atoms with Crippen molar-refractivity contribution in [1.29, 1.82) is 0 Å². The number of benzene rings is 5. The third-order valence-corrected chi connectivity index (χ3v) is 14.7. The fourth-order valence-electron chi connectivity index (χ4n) is 8.98. The Morgan fingerprint density at radius 1 is 0.778 bits per heavy atom. The van der Waals surface area contributed by atoms with Crippen molar-refractivity contribution in [2.45, 2.75) is 96.5 Å². The molecule has 72 heavy (non-hydrogen) atoms. The molecule has 2 aromatic heterocycles. The molecule has 2 N–H and O–H groups in total. The van der Waals surface area contributed by atoms with E-state index in [4.69, 9.17) is 33.0 Å². The lowest BCUT2D eigenvalue weighted by Crippen LogP contribution is -2.39. The van der Waals surface area contributed by atoms with Crippen LogP contribution in [0.2, 0.25) is 0 Å². The monoisotopic (exact) mass is 993 g/mol. The first-order chi connectivity index (χ1) is 35.0. The van der Waals surface area contributed by atoms with E-state index in [0.717, 1.165) is 45.7 Å². The summed E-state index contributed by atoms with van der Waals surface area (Å²) in [5.74, 6) is 1.23. The van der Waals surface area contributed by atoms with Gasteiger partial charge in [-0.25, -0.2) is 19.6 Å². The molecule has 1 fully saturated rings. The van der Waals surface area contributed by atoms with Crippen molar-refractivity contribution >= 4 is 37.3 Å². The van der Waals surface area contributed by atoms with Gasteiger partial charge in [0, 0.05) is 30.6 Å². The molecule has 3 heterocycles. The lowest BCUT2D eigenvalue weighted by atomic mass is 9.80. The van der Waals surface area contributed by atoms with Gasteiger partial charge in [-0.05, 0) is 98.3 Å². The number of aromatic nitrogens is 4. The molecule has 7 aromatic rings. The van der Waals surface area contributed by atoms with Gasteiger partial charge in [0.25, 0.3) is 14.4 Å². The number of ether oxygens (including phenoxy) is 4. The second-order valence-electron chi connectivity index (χ2n) is 18.1. The molecular formula is C56H64N7O8P. The van der Waals surface area contributed by atoms with Crippen molar-refractivity contribution in [2.75, 3.05) is 32.8 Å². The SMILES string of the molecule is CCCOP(OC1C[C@H](n2cnc3c(NC(=O)c4ccc(CNC(=O)Cc5ccccc5)cc4)ncnc32)O[C@@H]1COC(c1ccccc1)(c1ccc(OC)cc1)c1ccc(OC)cc1)N(C(C)C)C(C)C. The van der Waals surface area contributed by atoms with Crippen LogP contribution in [-0.4, -0.2) is 87.7 Å². The van der Waals surface area contributed by atoms with Crippen LogP contribution in [0.25, 0.3) is 11.2 Å². The summed E-state index contributed by atoms with van der Waals surface area (Å²) in [6.45, 7) is 11.7. The molecule has 16 heteroatoms. The van der Waals surface area contributed by atoms with Crippen molar-refractivity contribution in [2.24, 2.45) is 0 Å². The Morgan fingerprint density at radius 3 is 1.99 bits per heavy atom. The van der Waals surface area contributed by atoms with E-state index in [0.29, 0.717) is 36.3 Å². The quantitative estimate of drug-likeness (QED) is 0.0462. The first kappa shape index (κ1) is 51.8. The highest BCUT2D eigenvalue weighted by Gasteiger charge is 2.45.